The van der Waals surface area contributed by atoms with Crippen LogP contribution < -0.4 is 31.5 Å². The third-order valence-corrected chi connectivity index (χ3v) is 15.4. The minimum atomic E-state index is -4.09. The molecule has 1 aliphatic rings. The number of sulfonamides is 1. The van der Waals surface area contributed by atoms with Crippen LogP contribution in [-0.2, 0) is 56.9 Å². The summed E-state index contributed by atoms with van der Waals surface area (Å²) < 4.78 is 68.4. The summed E-state index contributed by atoms with van der Waals surface area (Å²) in [5, 5.41) is 22.5. The first-order chi connectivity index (χ1) is 36.1. The van der Waals surface area contributed by atoms with E-state index in [1.54, 1.807) is 42.0 Å². The quantitative estimate of drug-likeness (QED) is 0.0264. The van der Waals surface area contributed by atoms with Crippen molar-refractivity contribution >= 4 is 78.9 Å². The largest absolute Gasteiger partial charge is 0.391 e. The maximum absolute atomic E-state index is 14.7. The molecule has 4 atom stereocenters. The molecule has 0 saturated carbocycles. The molecule has 23 heteroatoms. The second-order valence-electron chi connectivity index (χ2n) is 19.4. The topological polar surface area (TPSA) is 241 Å². The number of hydrogen-bond donors (Lipinski definition) is 6. The van der Waals surface area contributed by atoms with Crippen molar-refractivity contribution in [3.63, 3.8) is 0 Å². The molecule has 19 nitrogen and oxygen atoms in total. The molecule has 0 radical (unpaired) electrons. The molecule has 6 N–H and O–H groups in total. The van der Waals surface area contributed by atoms with Crippen molar-refractivity contribution in [2.75, 3.05) is 76.0 Å². The lowest BCUT2D eigenvalue weighted by molar-refractivity contribution is -0.144. The highest BCUT2D eigenvalue weighted by molar-refractivity contribution is 14.1. The van der Waals surface area contributed by atoms with Crippen LogP contribution in [0, 0.1) is 28.6 Å². The van der Waals surface area contributed by atoms with E-state index in [-0.39, 0.29) is 72.4 Å². The fraction of sp³-hybridized carbons (Fsp3) is 0.453. The Balaban J connectivity index is 0.815. The van der Waals surface area contributed by atoms with Crippen LogP contribution in [-0.4, -0.2) is 130 Å². The molecular formula is C53H68FIN8O11S2. The Hall–Kier alpha value is -5.38. The zero-order chi connectivity index (χ0) is 55.2. The van der Waals surface area contributed by atoms with E-state index in [4.69, 9.17) is 18.9 Å². The standard InChI is InChI=1S/C53H68FIN8O11S2/c1-33-26-44(49(62(7)51(33)67)59-43-17-14-39(55)27-42(43)54)61-76(69,70)41-15-8-36(9-16-41)29-56-18-19-71-20-21-72-22-23-73-24-25-74-31-46(65)60-48(53(4,5)6)52(68)63-30-40(64)28-45(63)50(66)58-34(2)37-10-12-38(13-11-37)47-35(3)57-32-75-47/h8-17,26-27,32,34,40,45,48,56,59,61,64H,18-25,28-31H2,1-7H3,(H,58,66)(H,60,65)/t34-,40+,45-,48+/m0/s1. The van der Waals surface area contributed by atoms with E-state index in [0.717, 1.165) is 27.3 Å². The minimum absolute atomic E-state index is 0.00439. The van der Waals surface area contributed by atoms with Gasteiger partial charge in [-0.15, -0.1) is 11.3 Å². The molecular weight excluding hydrogens is 1130 g/mol. The third-order valence-electron chi connectivity index (χ3n) is 12.4. The average Bonchev–Trinajstić information content (AvgIpc) is 4.01. The SMILES string of the molecule is Cc1ncsc1-c1ccc([C@H](C)NC(=O)[C@@H]2C[C@@H](O)CN2C(=O)[C@@H](NC(=O)COCCOCCOCCOCCNCc2ccc(S(=O)(=O)Nc3cc(C)c(=O)n(C)c3Nc3ccc(I)cc3F)cc2)C(C)(C)C)cc1. The fourth-order valence-electron chi connectivity index (χ4n) is 8.25. The van der Waals surface area contributed by atoms with Crippen molar-refractivity contribution in [3.05, 3.63) is 120 Å². The Bertz CT molecular complexity index is 2940. The van der Waals surface area contributed by atoms with Gasteiger partial charge in [0.1, 0.15) is 30.3 Å². The first-order valence-corrected chi connectivity index (χ1v) is 28.2. The molecule has 1 fully saturated rings. The number of halogens is 2. The van der Waals surface area contributed by atoms with Crippen molar-refractivity contribution in [1.82, 2.24) is 30.4 Å². The average molecular weight is 1200 g/mol. The maximum atomic E-state index is 14.7. The summed E-state index contributed by atoms with van der Waals surface area (Å²) in [5.41, 5.74) is 4.90. The summed E-state index contributed by atoms with van der Waals surface area (Å²) in [4.78, 5) is 60.1. The molecule has 0 spiro atoms. The predicted molar refractivity (Wildman–Crippen MR) is 297 cm³/mol. The number of rotatable bonds is 27. The predicted octanol–water partition coefficient (Wildman–Crippen LogP) is 5.94. The number of carbonyl (C=O) groups excluding carboxylic acids is 3. The van der Waals surface area contributed by atoms with Gasteiger partial charge in [0.15, 0.2) is 0 Å². The summed E-state index contributed by atoms with van der Waals surface area (Å²) in [6.45, 7) is 13.5. The van der Waals surface area contributed by atoms with E-state index in [0.29, 0.717) is 55.3 Å². The molecule has 1 aliphatic heterocycles. The van der Waals surface area contributed by atoms with Crippen molar-refractivity contribution < 1.29 is 51.2 Å². The molecule has 0 aliphatic carbocycles. The summed E-state index contributed by atoms with van der Waals surface area (Å²) >= 11 is 3.54. The van der Waals surface area contributed by atoms with Gasteiger partial charge in [-0.05, 0) is 102 Å². The summed E-state index contributed by atoms with van der Waals surface area (Å²) in [7, 11) is -2.62. The number of aromatic nitrogens is 2. The molecule has 3 heterocycles. The molecule has 2 aromatic heterocycles. The number of amides is 3. The van der Waals surface area contributed by atoms with E-state index < -0.39 is 51.3 Å². The highest BCUT2D eigenvalue weighted by atomic mass is 127. The molecule has 3 amide bonds. The van der Waals surface area contributed by atoms with E-state index >= 15 is 0 Å². The Kier molecular flexibility index (Phi) is 21.9. The summed E-state index contributed by atoms with van der Waals surface area (Å²) in [6.07, 6.45) is -0.823. The van der Waals surface area contributed by atoms with Gasteiger partial charge in [0, 0.05) is 42.2 Å². The van der Waals surface area contributed by atoms with Crippen LogP contribution in [0.4, 0.5) is 21.6 Å². The lowest BCUT2D eigenvalue weighted by Gasteiger charge is -2.35. The van der Waals surface area contributed by atoms with E-state index in [1.165, 1.54) is 46.8 Å². The molecule has 6 rings (SSSR count). The number of anilines is 3. The number of pyridine rings is 1. The Morgan fingerprint density at radius 3 is 2.16 bits per heavy atom. The number of β-amino-alcohol motifs (C(OH)–C–C–N with tert-alkyl or cyclic N) is 1. The normalized spacial score (nSPS) is 15.6. The second kappa shape index (κ2) is 27.8. The first kappa shape index (κ1) is 59.9. The second-order valence-corrected chi connectivity index (χ2v) is 23.2. The van der Waals surface area contributed by atoms with Gasteiger partial charge in [0.2, 0.25) is 17.7 Å². The van der Waals surface area contributed by atoms with E-state index in [9.17, 15) is 37.1 Å². The number of likely N-dealkylation sites (tertiary alicyclic amines) is 1. The number of carbonyl (C=O) groups is 3. The highest BCUT2D eigenvalue weighted by Gasteiger charge is 2.44. The van der Waals surface area contributed by atoms with Crippen molar-refractivity contribution in [3.8, 4) is 10.4 Å². The van der Waals surface area contributed by atoms with Gasteiger partial charge in [-0.3, -0.25) is 28.5 Å². The smallest absolute Gasteiger partial charge is 0.262 e. The van der Waals surface area contributed by atoms with Gasteiger partial charge in [0.25, 0.3) is 15.6 Å². The Labute approximate surface area is 460 Å². The fourth-order valence-corrected chi connectivity index (χ4v) is 10.6. The van der Waals surface area contributed by atoms with Crippen molar-refractivity contribution in [2.24, 2.45) is 12.5 Å². The van der Waals surface area contributed by atoms with Gasteiger partial charge in [-0.1, -0.05) is 57.2 Å². The number of nitrogens with one attached hydrogen (secondary N) is 5. The van der Waals surface area contributed by atoms with Crippen LogP contribution in [0.3, 0.4) is 0 Å². The molecule has 0 unspecified atom stereocenters. The summed E-state index contributed by atoms with van der Waals surface area (Å²) in [5.74, 6) is -1.84. The van der Waals surface area contributed by atoms with Crippen LogP contribution in [0.5, 0.6) is 0 Å². The molecule has 0 bridgehead atoms. The van der Waals surface area contributed by atoms with E-state index in [2.05, 4.69) is 31.0 Å². The number of aliphatic hydroxyl groups excluding tert-OH is 1. The number of thiazole rings is 1. The number of aliphatic hydroxyl groups is 1. The molecule has 5 aromatic rings. The maximum Gasteiger partial charge on any atom is 0.262 e. The lowest BCUT2D eigenvalue weighted by Crippen LogP contribution is -2.58. The van der Waals surface area contributed by atoms with Gasteiger partial charge in [-0.25, -0.2) is 17.8 Å². The van der Waals surface area contributed by atoms with Crippen LogP contribution in [0.25, 0.3) is 10.4 Å². The zero-order valence-electron chi connectivity index (χ0n) is 43.7. The molecule has 412 valence electrons. The Morgan fingerprint density at radius 2 is 1.54 bits per heavy atom. The molecule has 76 heavy (non-hydrogen) atoms. The minimum Gasteiger partial charge on any atom is -0.391 e. The van der Waals surface area contributed by atoms with Gasteiger partial charge >= 0.3 is 0 Å². The monoisotopic (exact) mass is 1200 g/mol. The molecule has 1 saturated heterocycles. The number of ether oxygens (including phenoxy) is 4. The van der Waals surface area contributed by atoms with Crippen LogP contribution in [0.15, 0.2) is 88.0 Å². The highest BCUT2D eigenvalue weighted by Crippen LogP contribution is 2.31. The zero-order valence-corrected chi connectivity index (χ0v) is 47.5. The van der Waals surface area contributed by atoms with Crippen LogP contribution >= 0.6 is 33.9 Å². The number of benzene rings is 3. The number of nitrogens with zero attached hydrogens (tertiary/aromatic N) is 3. The van der Waals surface area contributed by atoms with Crippen molar-refractivity contribution in [2.45, 2.75) is 83.6 Å². The van der Waals surface area contributed by atoms with Crippen LogP contribution in [0.2, 0.25) is 0 Å². The summed E-state index contributed by atoms with van der Waals surface area (Å²) in [6, 6.07) is 17.9. The number of hydrogen-bond acceptors (Lipinski definition) is 15. The van der Waals surface area contributed by atoms with Crippen molar-refractivity contribution in [1.29, 1.82) is 0 Å². The van der Waals surface area contributed by atoms with Gasteiger partial charge < -0.3 is 50.2 Å². The van der Waals surface area contributed by atoms with Gasteiger partial charge in [0.05, 0.1) is 90.7 Å². The lowest BCUT2D eigenvalue weighted by atomic mass is 9.85. The first-order valence-electron chi connectivity index (χ1n) is 24.8. The Morgan fingerprint density at radius 1 is 0.895 bits per heavy atom. The van der Waals surface area contributed by atoms with Gasteiger partial charge in [-0.2, -0.15) is 0 Å². The van der Waals surface area contributed by atoms with Crippen LogP contribution in [0.1, 0.15) is 62.5 Å². The number of aryl methyl sites for hydroxylation is 2. The van der Waals surface area contributed by atoms with E-state index in [1.807, 2.05) is 81.5 Å². The third kappa shape index (κ3) is 16.8. The molecule has 3 aromatic carbocycles.